The second kappa shape index (κ2) is 8.23. The Kier molecular flexibility index (Phi) is 6.31. The third kappa shape index (κ3) is 4.89. The number of hydrogen-bond acceptors (Lipinski definition) is 5. The highest BCUT2D eigenvalue weighted by molar-refractivity contribution is 9.10. The van der Waals surface area contributed by atoms with Gasteiger partial charge in [0.15, 0.2) is 0 Å². The predicted octanol–water partition coefficient (Wildman–Crippen LogP) is 2.52. The molecule has 1 heterocycles. The lowest BCUT2D eigenvalue weighted by molar-refractivity contribution is 0.215. The summed E-state index contributed by atoms with van der Waals surface area (Å²) in [4.78, 5) is 10.5. The van der Waals surface area contributed by atoms with E-state index in [0.717, 1.165) is 15.7 Å². The summed E-state index contributed by atoms with van der Waals surface area (Å²) < 4.78 is 1.03. The maximum atomic E-state index is 8.93. The van der Waals surface area contributed by atoms with Crippen LogP contribution in [0.3, 0.4) is 0 Å². The molecule has 1 aromatic carbocycles. The van der Waals surface area contributed by atoms with Crippen molar-refractivity contribution in [3.63, 3.8) is 0 Å². The summed E-state index contributed by atoms with van der Waals surface area (Å²) in [6.45, 7) is 0.923. The van der Waals surface area contributed by atoms with Crippen LogP contribution >= 0.6 is 27.3 Å². The molecule has 0 bridgehead atoms. The lowest BCUT2D eigenvalue weighted by atomic mass is 10.2. The molecule has 5 nitrogen and oxygen atoms in total. The van der Waals surface area contributed by atoms with E-state index in [0.29, 0.717) is 18.2 Å². The zero-order chi connectivity index (χ0) is 15.1. The maximum absolute atomic E-state index is 8.93. The van der Waals surface area contributed by atoms with E-state index in [4.69, 9.17) is 10.2 Å². The summed E-state index contributed by atoms with van der Waals surface area (Å²) in [5.74, 6) is 0. The van der Waals surface area contributed by atoms with Crippen molar-refractivity contribution in [1.29, 1.82) is 0 Å². The fourth-order valence-corrected chi connectivity index (χ4v) is 2.62. The Balaban J connectivity index is 2.07. The van der Waals surface area contributed by atoms with E-state index in [9.17, 15) is 0 Å². The van der Waals surface area contributed by atoms with Crippen molar-refractivity contribution in [3.8, 4) is 11.3 Å². The van der Waals surface area contributed by atoms with Gasteiger partial charge in [-0.2, -0.15) is 0 Å². The first kappa shape index (κ1) is 16.1. The van der Waals surface area contributed by atoms with Crippen molar-refractivity contribution >= 4 is 38.7 Å². The zero-order valence-corrected chi connectivity index (χ0v) is 13.7. The maximum Gasteiger partial charge on any atom is 0.211 e. The molecule has 1 aromatic heterocycles. The van der Waals surface area contributed by atoms with E-state index in [-0.39, 0.29) is 13.2 Å². The minimum Gasteiger partial charge on any atom is -0.395 e. The number of rotatable bonds is 7. The van der Waals surface area contributed by atoms with E-state index >= 15 is 0 Å². The molecule has 0 saturated heterocycles. The van der Waals surface area contributed by atoms with Gasteiger partial charge in [-0.15, -0.1) is 11.3 Å². The fraction of sp³-hybridized carbons (Fsp3) is 0.286. The summed E-state index contributed by atoms with van der Waals surface area (Å²) in [5, 5.41) is 20.5. The van der Waals surface area contributed by atoms with E-state index in [1.165, 1.54) is 11.3 Å². The number of aliphatic hydroxyl groups is 2. The van der Waals surface area contributed by atoms with Crippen LogP contribution in [0.15, 0.2) is 39.1 Å². The summed E-state index contributed by atoms with van der Waals surface area (Å²) >= 11 is 4.86. The molecule has 0 saturated carbocycles. The Morgan fingerprint density at radius 2 is 1.86 bits per heavy atom. The number of aromatic nitrogens is 1. The smallest absolute Gasteiger partial charge is 0.211 e. The number of nitrogens with zero attached hydrogens (tertiary/aromatic N) is 3. The van der Waals surface area contributed by atoms with Gasteiger partial charge in [-0.25, -0.2) is 9.98 Å². The zero-order valence-electron chi connectivity index (χ0n) is 11.3. The van der Waals surface area contributed by atoms with Crippen molar-refractivity contribution < 1.29 is 10.2 Å². The van der Waals surface area contributed by atoms with Gasteiger partial charge in [0.1, 0.15) is 0 Å². The summed E-state index contributed by atoms with van der Waals surface area (Å²) in [6, 6.07) is 7.94. The second-order valence-corrected chi connectivity index (χ2v) is 6.00. The Hall–Kier alpha value is -1.28. The molecule has 7 heteroatoms. The van der Waals surface area contributed by atoms with E-state index in [1.54, 1.807) is 11.2 Å². The fourth-order valence-electron chi connectivity index (χ4n) is 1.69. The van der Waals surface area contributed by atoms with Crippen LogP contribution < -0.4 is 0 Å². The summed E-state index contributed by atoms with van der Waals surface area (Å²) in [7, 11) is 0. The Morgan fingerprint density at radius 3 is 2.48 bits per heavy atom. The molecule has 0 aliphatic heterocycles. The first-order chi connectivity index (χ1) is 10.2. The molecule has 0 atom stereocenters. The van der Waals surface area contributed by atoms with Gasteiger partial charge in [-0.1, -0.05) is 28.1 Å². The van der Waals surface area contributed by atoms with Gasteiger partial charge in [0, 0.05) is 28.5 Å². The van der Waals surface area contributed by atoms with E-state index in [1.807, 2.05) is 29.6 Å². The molecule has 21 heavy (non-hydrogen) atoms. The number of halogens is 1. The second-order valence-electron chi connectivity index (χ2n) is 4.25. The van der Waals surface area contributed by atoms with Gasteiger partial charge in [-0.05, 0) is 12.1 Å². The number of hydrogen-bond donors (Lipinski definition) is 2. The first-order valence-electron chi connectivity index (χ1n) is 6.44. The van der Waals surface area contributed by atoms with Crippen LogP contribution in [0.4, 0.5) is 5.13 Å². The van der Waals surface area contributed by atoms with Crippen molar-refractivity contribution in [2.45, 2.75) is 0 Å². The summed E-state index contributed by atoms with van der Waals surface area (Å²) in [6.07, 6.45) is 1.61. The van der Waals surface area contributed by atoms with Gasteiger partial charge in [0.05, 0.1) is 25.2 Å². The van der Waals surface area contributed by atoms with Crippen LogP contribution in [0.5, 0.6) is 0 Å². The lowest BCUT2D eigenvalue weighted by Crippen LogP contribution is -2.28. The third-order valence-corrected chi connectivity index (χ3v) is 4.02. The minimum absolute atomic E-state index is 0.0219. The third-order valence-electron chi connectivity index (χ3n) is 2.74. The van der Waals surface area contributed by atoms with Gasteiger partial charge >= 0.3 is 0 Å². The predicted molar refractivity (Wildman–Crippen MR) is 89.1 cm³/mol. The first-order valence-corrected chi connectivity index (χ1v) is 8.11. The van der Waals surface area contributed by atoms with Gasteiger partial charge in [0.25, 0.3) is 0 Å². The largest absolute Gasteiger partial charge is 0.395 e. The van der Waals surface area contributed by atoms with Crippen LogP contribution in [-0.2, 0) is 0 Å². The van der Waals surface area contributed by atoms with Crippen LogP contribution in [0.25, 0.3) is 11.3 Å². The number of aliphatic hydroxyl groups excluding tert-OH is 2. The number of aliphatic imine (C=N–C) groups is 1. The standard InChI is InChI=1S/C14H16BrN3O2S/c15-12-3-1-11(2-4-12)13-9-21-14(17-13)16-10-18(5-7-19)6-8-20/h1-4,9-10,19-20H,5-8H2/b16-10+. The van der Waals surface area contributed by atoms with Gasteiger partial charge in [0.2, 0.25) is 5.13 Å². The Morgan fingerprint density at radius 1 is 1.19 bits per heavy atom. The SMILES string of the molecule is OCCN(/C=N/c1nc(-c2ccc(Br)cc2)cs1)CCO. The van der Waals surface area contributed by atoms with Crippen LogP contribution in [0.1, 0.15) is 0 Å². The molecular weight excluding hydrogens is 354 g/mol. The molecular formula is C14H16BrN3O2S. The molecule has 2 N–H and O–H groups in total. The molecule has 2 rings (SSSR count). The average molecular weight is 370 g/mol. The van der Waals surface area contributed by atoms with Crippen molar-refractivity contribution in [2.75, 3.05) is 26.3 Å². The van der Waals surface area contributed by atoms with E-state index in [2.05, 4.69) is 25.9 Å². The molecule has 112 valence electrons. The molecule has 0 fully saturated rings. The van der Waals surface area contributed by atoms with Crippen molar-refractivity contribution in [3.05, 3.63) is 34.1 Å². The van der Waals surface area contributed by atoms with Gasteiger partial charge in [-0.3, -0.25) is 0 Å². The minimum atomic E-state index is 0.0219. The van der Waals surface area contributed by atoms with Crippen molar-refractivity contribution in [1.82, 2.24) is 9.88 Å². The normalized spacial score (nSPS) is 11.2. The molecule has 0 amide bonds. The highest BCUT2D eigenvalue weighted by Crippen LogP contribution is 2.27. The molecule has 0 aliphatic rings. The monoisotopic (exact) mass is 369 g/mol. The topological polar surface area (TPSA) is 69.0 Å². The highest BCUT2D eigenvalue weighted by atomic mass is 79.9. The molecule has 0 spiro atoms. The molecule has 2 aromatic rings. The van der Waals surface area contributed by atoms with Crippen LogP contribution in [0, 0.1) is 0 Å². The van der Waals surface area contributed by atoms with Crippen molar-refractivity contribution in [2.24, 2.45) is 4.99 Å². The lowest BCUT2D eigenvalue weighted by Gasteiger charge is -2.15. The van der Waals surface area contributed by atoms with Crippen LogP contribution in [0.2, 0.25) is 0 Å². The molecule has 0 radical (unpaired) electrons. The van der Waals surface area contributed by atoms with Crippen LogP contribution in [-0.4, -0.2) is 52.7 Å². The quantitative estimate of drug-likeness (QED) is 0.581. The number of thiazole rings is 1. The Bertz CT molecular complexity index is 580. The summed E-state index contributed by atoms with van der Waals surface area (Å²) in [5.41, 5.74) is 1.92. The molecule has 0 unspecified atom stereocenters. The van der Waals surface area contributed by atoms with E-state index < -0.39 is 0 Å². The Labute approximate surface area is 135 Å². The molecule has 0 aliphatic carbocycles. The number of benzene rings is 1. The highest BCUT2D eigenvalue weighted by Gasteiger charge is 2.04. The van der Waals surface area contributed by atoms with Gasteiger partial charge < -0.3 is 15.1 Å². The average Bonchev–Trinajstić information content (AvgIpc) is 2.95.